The highest BCUT2D eigenvalue weighted by Gasteiger charge is 2.38. The first-order valence-corrected chi connectivity index (χ1v) is 15.3. The topological polar surface area (TPSA) is 109 Å². The minimum absolute atomic E-state index is 0.0350. The molecule has 0 atom stereocenters. The second-order valence-corrected chi connectivity index (χ2v) is 12.0. The van der Waals surface area contributed by atoms with E-state index in [0.29, 0.717) is 24.3 Å². The van der Waals surface area contributed by atoms with E-state index in [1.807, 2.05) is 0 Å². The zero-order chi connectivity index (χ0) is 35.2. The van der Waals surface area contributed by atoms with Gasteiger partial charge in [-0.15, -0.1) is 0 Å². The average molecular weight is 749 g/mol. The van der Waals surface area contributed by atoms with Crippen LogP contribution in [0.4, 0.5) is 52.7 Å². The van der Waals surface area contributed by atoms with E-state index in [4.69, 9.17) is 0 Å². The fourth-order valence-corrected chi connectivity index (χ4v) is 5.81. The lowest BCUT2D eigenvalue weighted by atomic mass is 10.0. The van der Waals surface area contributed by atoms with Gasteiger partial charge in [-0.25, -0.2) is 19.9 Å². The van der Waals surface area contributed by atoms with Gasteiger partial charge < -0.3 is 0 Å². The van der Waals surface area contributed by atoms with Crippen LogP contribution in [-0.2, 0) is 24.7 Å². The molecule has 0 saturated heterocycles. The minimum Gasteiger partial charge on any atom is -0.253 e. The maximum absolute atomic E-state index is 13.3. The van der Waals surface area contributed by atoms with Gasteiger partial charge in [-0.3, -0.25) is 10.2 Å². The van der Waals surface area contributed by atoms with Crippen molar-refractivity contribution < 1.29 is 52.7 Å². The van der Waals surface area contributed by atoms with Crippen molar-refractivity contribution in [3.05, 3.63) is 64.7 Å². The summed E-state index contributed by atoms with van der Waals surface area (Å²) in [6.45, 7) is 0. The first kappa shape index (κ1) is 35.3. The number of H-pyrrole nitrogens is 2. The molecule has 3 aromatic heterocycles. The van der Waals surface area contributed by atoms with Crippen molar-refractivity contribution in [2.45, 2.75) is 50.2 Å². The molecule has 8 nitrogen and oxygen atoms in total. The second kappa shape index (κ2) is 12.8. The molecule has 0 aliphatic heterocycles. The van der Waals surface area contributed by atoms with Gasteiger partial charge in [0.1, 0.15) is 10.1 Å². The summed E-state index contributed by atoms with van der Waals surface area (Å²) < 4.78 is 159. The van der Waals surface area contributed by atoms with Crippen molar-refractivity contribution in [3.63, 3.8) is 0 Å². The van der Waals surface area contributed by atoms with Crippen molar-refractivity contribution in [2.24, 2.45) is 0 Å². The Morgan fingerprint density at radius 1 is 0.479 bits per heavy atom. The summed E-state index contributed by atoms with van der Waals surface area (Å²) in [5.74, 6) is -0.944. The van der Waals surface area contributed by atoms with Crippen LogP contribution in [0.3, 0.4) is 0 Å². The number of nitrogens with zero attached hydrogens (tertiary/aromatic N) is 6. The van der Waals surface area contributed by atoms with Crippen LogP contribution in [-0.4, -0.2) is 46.6 Å². The average Bonchev–Trinajstić information content (AvgIpc) is 3.65. The third-order valence-corrected chi connectivity index (χ3v) is 8.00. The Bertz CT molecular complexity index is 1750. The van der Waals surface area contributed by atoms with Crippen LogP contribution in [0.15, 0.2) is 68.0 Å². The van der Waals surface area contributed by atoms with E-state index in [1.54, 1.807) is 6.26 Å². The highest BCUT2D eigenvalue weighted by molar-refractivity contribution is 8.00. The van der Waals surface area contributed by atoms with E-state index in [0.717, 1.165) is 35.3 Å². The summed E-state index contributed by atoms with van der Waals surface area (Å²) in [5.41, 5.74) is -7.35. The van der Waals surface area contributed by atoms with Crippen molar-refractivity contribution in [3.8, 4) is 22.8 Å². The van der Waals surface area contributed by atoms with Gasteiger partial charge in [0.2, 0.25) is 0 Å². The Labute approximate surface area is 272 Å². The molecule has 2 aromatic carbocycles. The summed E-state index contributed by atoms with van der Waals surface area (Å²) >= 11 is 2.62. The number of hydrogen-bond donors (Lipinski definition) is 2. The van der Waals surface area contributed by atoms with Crippen LogP contribution in [0, 0.1) is 0 Å². The summed E-state index contributed by atoms with van der Waals surface area (Å²) in [6.07, 6.45) is -18.7. The lowest BCUT2D eigenvalue weighted by molar-refractivity contribution is -0.144. The Balaban J connectivity index is 1.40. The molecule has 0 saturated carbocycles. The van der Waals surface area contributed by atoms with E-state index >= 15 is 0 Å². The van der Waals surface area contributed by atoms with Crippen molar-refractivity contribution in [2.75, 3.05) is 6.26 Å². The summed E-state index contributed by atoms with van der Waals surface area (Å²) in [7, 11) is 0. The quantitative estimate of drug-likeness (QED) is 0.0729. The second-order valence-electron chi connectivity index (χ2n) is 9.25. The van der Waals surface area contributed by atoms with Gasteiger partial charge in [0.05, 0.1) is 22.3 Å². The van der Waals surface area contributed by atoms with Crippen LogP contribution in [0.1, 0.15) is 22.3 Å². The van der Waals surface area contributed by atoms with Crippen LogP contribution < -0.4 is 0 Å². The number of rotatable bonds is 7. The van der Waals surface area contributed by atoms with E-state index in [1.165, 1.54) is 6.07 Å². The predicted molar refractivity (Wildman–Crippen MR) is 146 cm³/mol. The van der Waals surface area contributed by atoms with E-state index in [2.05, 4.69) is 40.3 Å². The first-order chi connectivity index (χ1) is 22.2. The molecule has 23 heteroatoms. The Kier molecular flexibility index (Phi) is 9.42. The number of aromatic amines is 2. The predicted octanol–water partition coefficient (Wildman–Crippen LogP) is 9.15. The van der Waals surface area contributed by atoms with Gasteiger partial charge in [-0.05, 0) is 66.2 Å². The number of aromatic nitrogens is 8. The van der Waals surface area contributed by atoms with Crippen LogP contribution in [0.5, 0.6) is 0 Å². The highest BCUT2D eigenvalue weighted by Crippen LogP contribution is 2.40. The summed E-state index contributed by atoms with van der Waals surface area (Å²) in [4.78, 5) is 16.4. The molecule has 48 heavy (non-hydrogen) atoms. The van der Waals surface area contributed by atoms with Crippen LogP contribution in [0.25, 0.3) is 22.8 Å². The third kappa shape index (κ3) is 8.35. The molecule has 254 valence electrons. The molecule has 3 heterocycles. The van der Waals surface area contributed by atoms with Crippen LogP contribution >= 0.6 is 35.3 Å². The highest BCUT2D eigenvalue weighted by atomic mass is 32.2. The normalized spacial score (nSPS) is 12.9. The molecular weight excluding hydrogens is 737 g/mol. The van der Waals surface area contributed by atoms with E-state index in [-0.39, 0.29) is 37.7 Å². The van der Waals surface area contributed by atoms with Gasteiger partial charge in [0, 0.05) is 17.2 Å². The van der Waals surface area contributed by atoms with Crippen LogP contribution in [0.2, 0.25) is 0 Å². The smallest absolute Gasteiger partial charge is 0.253 e. The largest absolute Gasteiger partial charge is 0.416 e. The SMILES string of the molecule is CSc1nc(Sc2nc(-c3cc(C(F)(F)F)cc(C(F)(F)F)c3)n[nH]2)cc(Sc2nc(-c3cc(C(F)(F)F)cc(C(F)(F)F)c3)n[nH]2)n1. The fraction of sp³-hybridized carbons (Fsp3) is 0.200. The van der Waals surface area contributed by atoms with Crippen molar-refractivity contribution in [1.29, 1.82) is 0 Å². The number of thioether (sulfide) groups is 1. The minimum atomic E-state index is -5.09. The number of alkyl halides is 12. The van der Waals surface area contributed by atoms with Crippen molar-refractivity contribution >= 4 is 35.3 Å². The van der Waals surface area contributed by atoms with E-state index in [9.17, 15) is 52.7 Å². The molecule has 0 aliphatic carbocycles. The molecule has 0 bridgehead atoms. The van der Waals surface area contributed by atoms with Gasteiger partial charge in [-0.1, -0.05) is 11.8 Å². The summed E-state index contributed by atoms with van der Waals surface area (Å²) in [6, 6.07) is 3.15. The molecule has 0 aliphatic rings. The van der Waals surface area contributed by atoms with Gasteiger partial charge >= 0.3 is 24.7 Å². The zero-order valence-electron chi connectivity index (χ0n) is 23.0. The molecule has 5 rings (SSSR count). The molecule has 0 radical (unpaired) electrons. The van der Waals surface area contributed by atoms with Gasteiger partial charge in [0.15, 0.2) is 27.1 Å². The van der Waals surface area contributed by atoms with Gasteiger partial charge in [-0.2, -0.15) is 62.9 Å². The lowest BCUT2D eigenvalue weighted by Gasteiger charge is -2.13. The number of hydrogen-bond acceptors (Lipinski definition) is 9. The molecule has 0 fully saturated rings. The number of halogens is 12. The molecular formula is C25H12F12N8S3. The van der Waals surface area contributed by atoms with Crippen molar-refractivity contribution in [1.82, 2.24) is 40.3 Å². The first-order valence-electron chi connectivity index (χ1n) is 12.4. The molecule has 0 spiro atoms. The molecule has 0 amide bonds. The fourth-order valence-electron chi connectivity index (χ4n) is 3.79. The maximum Gasteiger partial charge on any atom is 0.416 e. The number of nitrogens with one attached hydrogen (secondary N) is 2. The standard InChI is InChI=1S/C25H12F12N8S3/c1-46-19-38-15(47-20-40-17(42-44-20)9-2-11(22(26,27)28)6-12(3-9)23(29,30)31)8-16(39-19)48-21-41-18(43-45-21)10-4-13(24(32,33)34)7-14(5-10)25(35,36)37/h2-8H,1H3,(H,40,42,44)(H,41,43,45). The zero-order valence-corrected chi connectivity index (χ0v) is 25.4. The molecule has 0 unspecified atom stereocenters. The number of benzene rings is 2. The maximum atomic E-state index is 13.3. The Morgan fingerprint density at radius 3 is 1.10 bits per heavy atom. The van der Waals surface area contributed by atoms with E-state index < -0.39 is 69.7 Å². The Hall–Kier alpha value is -3.99. The lowest BCUT2D eigenvalue weighted by Crippen LogP contribution is -2.11. The Morgan fingerprint density at radius 2 is 0.812 bits per heavy atom. The molecule has 2 N–H and O–H groups in total. The summed E-state index contributed by atoms with van der Waals surface area (Å²) in [5, 5.41) is 12.6. The third-order valence-electron chi connectivity index (χ3n) is 5.87. The van der Waals surface area contributed by atoms with Gasteiger partial charge in [0.25, 0.3) is 0 Å². The monoisotopic (exact) mass is 748 g/mol. The molecule has 5 aromatic rings.